The van der Waals surface area contributed by atoms with Crippen molar-refractivity contribution in [1.82, 2.24) is 4.90 Å². The summed E-state index contributed by atoms with van der Waals surface area (Å²) >= 11 is 10.3. The van der Waals surface area contributed by atoms with Gasteiger partial charge in [-0.25, -0.2) is 19.0 Å². The average Bonchev–Trinajstić information content (AvgIpc) is 2.75. The Morgan fingerprint density at radius 3 is 2.10 bits per heavy atom. The molecule has 0 spiro atoms. The van der Waals surface area contributed by atoms with Gasteiger partial charge in [-0.05, 0) is 12.1 Å². The van der Waals surface area contributed by atoms with Crippen LogP contribution in [0.5, 0.6) is 0 Å². The number of nitrogens with zero attached hydrogens (tertiary/aromatic N) is 5. The van der Waals surface area contributed by atoms with Crippen LogP contribution in [0, 0.1) is 11.3 Å². The Labute approximate surface area is 202 Å². The number of allylic oxidation sites excluding steroid dienone is 1. The van der Waals surface area contributed by atoms with E-state index in [1.54, 1.807) is 12.1 Å². The maximum Gasteiger partial charge on any atom is 0.222 e. The summed E-state index contributed by atoms with van der Waals surface area (Å²) in [5.74, 6) is 1.43. The molecule has 1 aromatic heterocycles. The summed E-state index contributed by atoms with van der Waals surface area (Å²) in [5.41, 5.74) is 1.85. The van der Waals surface area contributed by atoms with E-state index in [0.29, 0.717) is 0 Å². The normalized spacial score (nSPS) is 14.5. The number of sulfone groups is 1. The second kappa shape index (κ2) is 10.7. The van der Waals surface area contributed by atoms with Gasteiger partial charge in [-0.1, -0.05) is 0 Å². The first-order chi connectivity index (χ1) is 13.9. The van der Waals surface area contributed by atoms with Crippen LogP contribution in [0.15, 0.2) is 58.6 Å². The summed E-state index contributed by atoms with van der Waals surface area (Å²) in [4.78, 5) is 3.46. The van der Waals surface area contributed by atoms with Crippen molar-refractivity contribution in [2.75, 3.05) is 31.1 Å². The van der Waals surface area contributed by atoms with Crippen LogP contribution in [0.4, 0.5) is 5.69 Å². The predicted molar refractivity (Wildman–Crippen MR) is 115 cm³/mol. The van der Waals surface area contributed by atoms with Crippen molar-refractivity contribution in [2.24, 2.45) is 0 Å². The Kier molecular flexibility index (Phi) is 8.79. The number of aromatic nitrogens is 1. The standard InChI is InChI=1S/C19H19N5O2S3.Au/c20-13-18(14-21)29(25,26)17-3-1-15(2-4-17)22-7-5-16(6-8-22)23-9-11-24(12-10-23)19(27)28;/h1-8,19,27-28H,9-12H2;/p-2. The molecule has 2 heterocycles. The van der Waals surface area contributed by atoms with Crippen molar-refractivity contribution in [2.45, 2.75) is 9.60 Å². The van der Waals surface area contributed by atoms with E-state index in [2.05, 4.69) is 9.80 Å². The molecular formula is C19H17AuN5O2S3-2. The molecule has 1 aliphatic rings. The molecule has 0 aliphatic carbocycles. The minimum absolute atomic E-state index is 0. The van der Waals surface area contributed by atoms with Crippen LogP contribution in [0.2, 0.25) is 0 Å². The van der Waals surface area contributed by atoms with Gasteiger partial charge in [0.1, 0.15) is 6.07 Å². The van der Waals surface area contributed by atoms with Gasteiger partial charge in [-0.3, -0.25) is 0 Å². The average molecular weight is 641 g/mol. The molecule has 11 heteroatoms. The van der Waals surface area contributed by atoms with E-state index >= 15 is 0 Å². The van der Waals surface area contributed by atoms with Gasteiger partial charge in [-0.2, -0.15) is 9.83 Å². The molecule has 0 bridgehead atoms. The van der Waals surface area contributed by atoms with Crippen LogP contribution in [0.1, 0.15) is 0 Å². The van der Waals surface area contributed by atoms with E-state index in [0.717, 1.165) is 37.6 Å². The maximum atomic E-state index is 12.2. The van der Waals surface area contributed by atoms with Crippen molar-refractivity contribution in [3.8, 4) is 11.8 Å². The molecule has 1 aromatic carbocycles. The third kappa shape index (κ3) is 5.38. The van der Waals surface area contributed by atoms with E-state index < -0.39 is 14.7 Å². The molecule has 0 amide bonds. The first kappa shape index (κ1) is 24.7. The summed E-state index contributed by atoms with van der Waals surface area (Å²) in [6.07, 6.45) is 3.80. The van der Waals surface area contributed by atoms with Gasteiger partial charge in [0.2, 0.25) is 15.5 Å². The number of hydrogen-bond donors (Lipinski definition) is 0. The second-order valence-corrected chi connectivity index (χ2v) is 9.42. The zero-order valence-corrected chi connectivity index (χ0v) is 20.2. The van der Waals surface area contributed by atoms with Crippen LogP contribution in [-0.4, -0.2) is 50.1 Å². The van der Waals surface area contributed by atoms with Crippen LogP contribution < -0.4 is 9.47 Å². The Bertz CT molecular complexity index is 1070. The molecule has 1 fully saturated rings. The van der Waals surface area contributed by atoms with Gasteiger partial charge in [0.25, 0.3) is 0 Å². The van der Waals surface area contributed by atoms with Gasteiger partial charge in [0.15, 0.2) is 17.3 Å². The summed E-state index contributed by atoms with van der Waals surface area (Å²) < 4.78 is 26.0. The first-order valence-corrected chi connectivity index (χ1v) is 11.1. The molecule has 0 saturated carbocycles. The van der Waals surface area contributed by atoms with Gasteiger partial charge in [-0.15, -0.1) is 0 Å². The molecular weight excluding hydrogens is 623 g/mol. The first-order valence-electron chi connectivity index (χ1n) is 8.71. The monoisotopic (exact) mass is 640 g/mol. The van der Waals surface area contributed by atoms with Gasteiger partial charge in [0.05, 0.1) is 4.90 Å². The van der Waals surface area contributed by atoms with Crippen LogP contribution >= 0.6 is 0 Å². The maximum absolute atomic E-state index is 12.2. The van der Waals surface area contributed by atoms with E-state index in [1.165, 1.54) is 24.1 Å². The Morgan fingerprint density at radius 2 is 1.63 bits per heavy atom. The Morgan fingerprint density at radius 1 is 1.07 bits per heavy atom. The number of nitriles is 1. The molecule has 0 N–H and O–H groups in total. The van der Waals surface area contributed by atoms with Crippen molar-refractivity contribution < 1.29 is 35.4 Å². The second-order valence-electron chi connectivity index (χ2n) is 6.34. The van der Waals surface area contributed by atoms with Crippen molar-refractivity contribution in [3.63, 3.8) is 0 Å². The fraction of sp³-hybridized carbons (Fsp3) is 0.263. The molecule has 0 atom stereocenters. The van der Waals surface area contributed by atoms with Gasteiger partial charge >= 0.3 is 0 Å². The molecule has 1 aliphatic heterocycles. The van der Waals surface area contributed by atoms with Crippen molar-refractivity contribution in [3.05, 3.63) is 59.1 Å². The molecule has 1 radical (unpaired) electrons. The van der Waals surface area contributed by atoms with Crippen molar-refractivity contribution in [1.29, 1.82) is 5.26 Å². The topological polar surface area (TPSA) is 90.6 Å². The number of pyridine rings is 1. The summed E-state index contributed by atoms with van der Waals surface area (Å²) in [5, 5.41) is 17.6. The minimum atomic E-state index is -4.07. The van der Waals surface area contributed by atoms with Gasteiger partial charge < -0.3 is 40.5 Å². The largest absolute Gasteiger partial charge is 0.800 e. The van der Waals surface area contributed by atoms with E-state index in [9.17, 15) is 8.42 Å². The van der Waals surface area contributed by atoms with Gasteiger partial charge in [0, 0.05) is 78.5 Å². The SMILES string of the molecule is N#CC(=C=[N-])S(=O)(=O)c1ccc(-[n+]2ccc(N3CCN(C([S-])[S-])CC3)cc2)cc1.[Au]. The predicted octanol–water partition coefficient (Wildman–Crippen LogP) is 0.880. The zero-order chi connectivity index (χ0) is 21.0. The molecule has 0 unspecified atom stereocenters. The number of piperazine rings is 1. The molecule has 3 rings (SSSR count). The third-order valence-electron chi connectivity index (χ3n) is 4.71. The molecule has 1 saturated heterocycles. The van der Waals surface area contributed by atoms with E-state index in [1.807, 2.05) is 29.1 Å². The van der Waals surface area contributed by atoms with E-state index in [4.69, 9.17) is 35.9 Å². The molecule has 2 aromatic rings. The van der Waals surface area contributed by atoms with Crippen molar-refractivity contribution >= 4 is 46.7 Å². The van der Waals surface area contributed by atoms with Crippen LogP contribution in [0.3, 0.4) is 0 Å². The number of anilines is 1. The summed E-state index contributed by atoms with van der Waals surface area (Å²) in [7, 11) is -4.07. The number of benzene rings is 1. The minimum Gasteiger partial charge on any atom is -0.800 e. The fourth-order valence-electron chi connectivity index (χ4n) is 3.05. The number of hydrogen-bond acceptors (Lipinski definition) is 7. The zero-order valence-electron chi connectivity index (χ0n) is 15.6. The molecule has 30 heavy (non-hydrogen) atoms. The molecule has 7 nitrogen and oxygen atoms in total. The quantitative estimate of drug-likeness (QED) is 0.158. The van der Waals surface area contributed by atoms with Crippen LogP contribution in [0.25, 0.3) is 11.1 Å². The third-order valence-corrected chi connectivity index (χ3v) is 6.92. The van der Waals surface area contributed by atoms with Crippen LogP contribution in [-0.2, 0) is 57.5 Å². The summed E-state index contributed by atoms with van der Waals surface area (Å²) in [6.45, 7) is 3.40. The molecule has 161 valence electrons. The summed E-state index contributed by atoms with van der Waals surface area (Å²) in [6, 6.07) is 11.5. The Hall–Kier alpha value is -1.54. The Balaban J connectivity index is 0.00000320. The smallest absolute Gasteiger partial charge is 0.222 e. The number of rotatable bonds is 5. The fourth-order valence-corrected chi connectivity index (χ4v) is 4.45. The van der Waals surface area contributed by atoms with E-state index in [-0.39, 0.29) is 32.0 Å².